The Kier molecular flexibility index (Phi) is 3.39. The van der Waals surface area contributed by atoms with Crippen molar-refractivity contribution >= 4 is 35.2 Å². The molecular formula is C12H12ClN3O4. The number of carbonyl (C=O) groups excluding carboxylic acids is 2. The lowest BCUT2D eigenvalue weighted by Crippen LogP contribution is -2.64. The average Bonchev–Trinajstić information content (AvgIpc) is 2.34. The predicted molar refractivity (Wildman–Crippen MR) is 70.8 cm³/mol. The molecule has 1 saturated heterocycles. The molecule has 7 nitrogen and oxygen atoms in total. The highest BCUT2D eigenvalue weighted by atomic mass is 35.5. The molecule has 1 aliphatic rings. The number of halogens is 1. The molecule has 1 aliphatic heterocycles. The van der Waals surface area contributed by atoms with Gasteiger partial charge in [-0.2, -0.15) is 0 Å². The van der Waals surface area contributed by atoms with Gasteiger partial charge in [0.2, 0.25) is 5.91 Å². The normalized spacial score (nSPS) is 17.9. The zero-order chi connectivity index (χ0) is 15.1. The molecule has 2 rings (SSSR count). The van der Waals surface area contributed by atoms with Crippen LogP contribution in [0, 0.1) is 0 Å². The Bertz CT molecular complexity index is 615. The van der Waals surface area contributed by atoms with E-state index in [4.69, 9.17) is 16.7 Å². The van der Waals surface area contributed by atoms with E-state index in [-0.39, 0.29) is 22.9 Å². The van der Waals surface area contributed by atoms with Crippen molar-refractivity contribution in [3.63, 3.8) is 0 Å². The Morgan fingerprint density at radius 3 is 2.75 bits per heavy atom. The van der Waals surface area contributed by atoms with Gasteiger partial charge in [-0.25, -0.2) is 9.78 Å². The minimum Gasteiger partial charge on any atom is -0.478 e. The van der Waals surface area contributed by atoms with Gasteiger partial charge >= 0.3 is 5.97 Å². The van der Waals surface area contributed by atoms with Crippen molar-refractivity contribution in [2.45, 2.75) is 19.4 Å². The molecule has 0 spiro atoms. The SMILES string of the molecule is CC1(C)C(=O)NC(=O)CN1c1cc(C(=O)O)c(Cl)cn1. The van der Waals surface area contributed by atoms with Gasteiger partial charge in [-0.3, -0.25) is 14.9 Å². The number of hydrogen-bond acceptors (Lipinski definition) is 5. The van der Waals surface area contributed by atoms with Gasteiger partial charge in [-0.05, 0) is 19.9 Å². The highest BCUT2D eigenvalue weighted by Gasteiger charge is 2.41. The molecule has 0 radical (unpaired) electrons. The standard InChI is InChI=1S/C12H12ClN3O4/c1-12(2)11(20)15-9(17)5-16(12)8-3-6(10(18)19)7(13)4-14-8/h3-4H,5H2,1-2H3,(H,18,19)(H,15,17,20). The lowest BCUT2D eigenvalue weighted by Gasteiger charge is -2.40. The monoisotopic (exact) mass is 297 g/mol. The number of imide groups is 1. The number of aromatic nitrogens is 1. The van der Waals surface area contributed by atoms with Crippen LogP contribution < -0.4 is 10.2 Å². The van der Waals surface area contributed by atoms with Gasteiger partial charge in [0.05, 0.1) is 17.1 Å². The zero-order valence-corrected chi connectivity index (χ0v) is 11.6. The van der Waals surface area contributed by atoms with E-state index in [1.807, 2.05) is 0 Å². The maximum Gasteiger partial charge on any atom is 0.337 e. The number of hydrogen-bond donors (Lipinski definition) is 2. The van der Waals surface area contributed by atoms with Crippen LogP contribution in [0.15, 0.2) is 12.3 Å². The van der Waals surface area contributed by atoms with Gasteiger partial charge in [0, 0.05) is 6.20 Å². The lowest BCUT2D eigenvalue weighted by atomic mass is 9.98. The quantitative estimate of drug-likeness (QED) is 0.779. The summed E-state index contributed by atoms with van der Waals surface area (Å²) in [5, 5.41) is 11.3. The molecule has 0 aliphatic carbocycles. The van der Waals surface area contributed by atoms with E-state index in [1.54, 1.807) is 13.8 Å². The van der Waals surface area contributed by atoms with Gasteiger partial charge in [0.15, 0.2) is 0 Å². The molecule has 2 N–H and O–H groups in total. The van der Waals surface area contributed by atoms with Gasteiger partial charge in [0.25, 0.3) is 5.91 Å². The molecule has 1 aromatic heterocycles. The molecule has 1 aromatic rings. The van der Waals surface area contributed by atoms with Gasteiger partial charge in [0.1, 0.15) is 11.4 Å². The third-order valence-corrected chi connectivity index (χ3v) is 3.43. The summed E-state index contributed by atoms with van der Waals surface area (Å²) in [6, 6.07) is 1.25. The third-order valence-electron chi connectivity index (χ3n) is 3.13. The highest BCUT2D eigenvalue weighted by molar-refractivity contribution is 6.33. The van der Waals surface area contributed by atoms with E-state index in [0.29, 0.717) is 0 Å². The molecule has 0 unspecified atom stereocenters. The first-order chi connectivity index (χ1) is 9.23. The number of carbonyl (C=O) groups is 3. The second kappa shape index (κ2) is 4.75. The predicted octanol–water partition coefficient (Wildman–Crippen LogP) is 0.675. The zero-order valence-electron chi connectivity index (χ0n) is 10.8. The minimum atomic E-state index is -1.20. The number of rotatable bonds is 2. The number of piperazine rings is 1. The summed E-state index contributed by atoms with van der Waals surface area (Å²) in [4.78, 5) is 39.9. The Balaban J connectivity index is 2.49. The van der Waals surface area contributed by atoms with Gasteiger partial charge in [-0.1, -0.05) is 11.6 Å². The van der Waals surface area contributed by atoms with Crippen LogP contribution in [-0.2, 0) is 9.59 Å². The molecule has 1 fully saturated rings. The van der Waals surface area contributed by atoms with Crippen molar-refractivity contribution in [3.8, 4) is 0 Å². The van der Waals surface area contributed by atoms with E-state index in [9.17, 15) is 14.4 Å². The second-order valence-electron chi connectivity index (χ2n) is 4.85. The van der Waals surface area contributed by atoms with E-state index in [1.165, 1.54) is 17.2 Å². The lowest BCUT2D eigenvalue weighted by molar-refractivity contribution is -0.135. The summed E-state index contributed by atoms with van der Waals surface area (Å²) in [6.07, 6.45) is 1.19. The average molecular weight is 298 g/mol. The van der Waals surface area contributed by atoms with Gasteiger partial charge < -0.3 is 10.0 Å². The van der Waals surface area contributed by atoms with Crippen LogP contribution in [0.4, 0.5) is 5.82 Å². The molecule has 20 heavy (non-hydrogen) atoms. The summed E-state index contributed by atoms with van der Waals surface area (Å²) in [6.45, 7) is 3.14. The first kappa shape index (κ1) is 14.3. The fourth-order valence-electron chi connectivity index (χ4n) is 1.89. The van der Waals surface area contributed by atoms with Crippen molar-refractivity contribution in [2.75, 3.05) is 11.4 Å². The molecule has 106 valence electrons. The van der Waals surface area contributed by atoms with Crippen LogP contribution in [0.5, 0.6) is 0 Å². The number of carboxylic acids is 1. The van der Waals surface area contributed by atoms with Crippen molar-refractivity contribution in [2.24, 2.45) is 0 Å². The topological polar surface area (TPSA) is 99.6 Å². The van der Waals surface area contributed by atoms with Crippen LogP contribution in [0.2, 0.25) is 5.02 Å². The molecule has 0 atom stereocenters. The number of pyridine rings is 1. The molecule has 0 bridgehead atoms. The van der Waals surface area contributed by atoms with E-state index in [0.717, 1.165) is 0 Å². The summed E-state index contributed by atoms with van der Waals surface area (Å²) in [7, 11) is 0. The summed E-state index contributed by atoms with van der Waals surface area (Å²) >= 11 is 5.75. The molecule has 2 heterocycles. The van der Waals surface area contributed by atoms with Crippen LogP contribution in [0.25, 0.3) is 0 Å². The highest BCUT2D eigenvalue weighted by Crippen LogP contribution is 2.27. The van der Waals surface area contributed by atoms with E-state index in [2.05, 4.69) is 10.3 Å². The van der Waals surface area contributed by atoms with Crippen molar-refractivity contribution in [1.29, 1.82) is 0 Å². The number of nitrogens with one attached hydrogen (secondary N) is 1. The number of anilines is 1. The van der Waals surface area contributed by atoms with Gasteiger partial charge in [-0.15, -0.1) is 0 Å². The van der Waals surface area contributed by atoms with Crippen molar-refractivity contribution in [1.82, 2.24) is 10.3 Å². The number of nitrogens with zero attached hydrogens (tertiary/aromatic N) is 2. The Morgan fingerprint density at radius 1 is 1.50 bits per heavy atom. The maximum absolute atomic E-state index is 11.9. The van der Waals surface area contributed by atoms with Crippen LogP contribution in [-0.4, -0.2) is 40.0 Å². The first-order valence-electron chi connectivity index (χ1n) is 5.74. The minimum absolute atomic E-state index is 0.00755. The Morgan fingerprint density at radius 2 is 2.15 bits per heavy atom. The fraction of sp³-hybridized carbons (Fsp3) is 0.333. The summed E-state index contributed by atoms with van der Waals surface area (Å²) in [5.41, 5.74) is -1.16. The van der Waals surface area contributed by atoms with Crippen LogP contribution >= 0.6 is 11.6 Å². The largest absolute Gasteiger partial charge is 0.478 e. The smallest absolute Gasteiger partial charge is 0.337 e. The Labute approximate surface area is 119 Å². The summed E-state index contributed by atoms with van der Waals surface area (Å²) in [5.74, 6) is -1.94. The van der Waals surface area contributed by atoms with Crippen molar-refractivity contribution < 1.29 is 19.5 Å². The fourth-order valence-corrected chi connectivity index (χ4v) is 2.07. The molecule has 0 saturated carbocycles. The Hall–Kier alpha value is -2.15. The molecule has 2 amide bonds. The van der Waals surface area contributed by atoms with Crippen LogP contribution in [0.3, 0.4) is 0 Å². The number of carboxylic acid groups (broad SMARTS) is 1. The summed E-state index contributed by atoms with van der Waals surface area (Å²) < 4.78 is 0. The first-order valence-corrected chi connectivity index (χ1v) is 6.12. The number of amides is 2. The second-order valence-corrected chi connectivity index (χ2v) is 5.26. The van der Waals surface area contributed by atoms with E-state index < -0.39 is 23.3 Å². The van der Waals surface area contributed by atoms with E-state index >= 15 is 0 Å². The molecule has 0 aromatic carbocycles. The molecule has 8 heteroatoms. The maximum atomic E-state index is 11.9. The number of aromatic carboxylic acids is 1. The molecular weight excluding hydrogens is 286 g/mol. The third kappa shape index (κ3) is 2.32. The van der Waals surface area contributed by atoms with Crippen molar-refractivity contribution in [3.05, 3.63) is 22.8 Å². The van der Waals surface area contributed by atoms with Crippen LogP contribution in [0.1, 0.15) is 24.2 Å².